The molecule has 5 nitrogen and oxygen atoms in total. The topological polar surface area (TPSA) is 67.4 Å². The molecule has 0 atom stereocenters. The van der Waals surface area contributed by atoms with Crippen molar-refractivity contribution in [3.05, 3.63) is 52.0 Å². The molecule has 0 unspecified atom stereocenters. The summed E-state index contributed by atoms with van der Waals surface area (Å²) in [6.07, 6.45) is 0. The van der Waals surface area contributed by atoms with Gasteiger partial charge in [-0.2, -0.15) is 0 Å². The molecular weight excluding hydrogens is 364 g/mol. The number of nitrogens with one attached hydrogen (secondary N) is 2. The summed E-state index contributed by atoms with van der Waals surface area (Å²) in [6, 6.07) is 9.01. The molecule has 0 fully saturated rings. The second-order valence-corrected chi connectivity index (χ2v) is 7.49. The maximum Gasteiger partial charge on any atom is 0.239 e. The van der Waals surface area contributed by atoms with Gasteiger partial charge in [-0.25, -0.2) is 0 Å². The van der Waals surface area contributed by atoms with Crippen molar-refractivity contribution in [2.45, 2.75) is 34.6 Å². The molecule has 2 aromatic rings. The van der Waals surface area contributed by atoms with Crippen molar-refractivity contribution in [1.82, 2.24) is 0 Å². The Hall–Kier alpha value is -2.53. The van der Waals surface area contributed by atoms with Gasteiger partial charge in [0, 0.05) is 16.8 Å². The third-order valence-electron chi connectivity index (χ3n) is 4.72. The fourth-order valence-corrected chi connectivity index (χ4v) is 2.63. The summed E-state index contributed by atoms with van der Waals surface area (Å²) < 4.78 is 5.28. The molecule has 0 aliphatic heterocycles. The molecule has 0 bridgehead atoms. The Labute approximate surface area is 165 Å². The van der Waals surface area contributed by atoms with E-state index in [1.165, 1.54) is 7.11 Å². The molecule has 2 N–H and O–H groups in total. The molecule has 144 valence electrons. The molecule has 0 saturated heterocycles. The molecule has 2 rings (SSSR count). The number of hydrogen-bond acceptors (Lipinski definition) is 3. The molecule has 0 aliphatic carbocycles. The van der Waals surface area contributed by atoms with Gasteiger partial charge in [0.05, 0.1) is 12.8 Å². The Morgan fingerprint density at radius 3 is 2.15 bits per heavy atom. The molecule has 0 radical (unpaired) electrons. The van der Waals surface area contributed by atoms with Crippen LogP contribution in [0.2, 0.25) is 5.02 Å². The molecule has 0 saturated carbocycles. The number of ether oxygens (including phenoxy) is 1. The minimum Gasteiger partial charge on any atom is -0.495 e. The summed E-state index contributed by atoms with van der Waals surface area (Å²) in [6.45, 7) is 8.89. The lowest BCUT2D eigenvalue weighted by Gasteiger charge is -2.24. The van der Waals surface area contributed by atoms with E-state index in [4.69, 9.17) is 16.3 Å². The number of amides is 2. The average molecular weight is 389 g/mol. The lowest BCUT2D eigenvalue weighted by Crippen LogP contribution is -2.41. The van der Waals surface area contributed by atoms with E-state index < -0.39 is 17.2 Å². The van der Waals surface area contributed by atoms with Crippen LogP contribution < -0.4 is 15.4 Å². The van der Waals surface area contributed by atoms with Gasteiger partial charge in [-0.05, 0) is 63.4 Å². The van der Waals surface area contributed by atoms with Crippen LogP contribution in [-0.2, 0) is 9.59 Å². The fraction of sp³-hybridized carbons (Fsp3) is 0.333. The van der Waals surface area contributed by atoms with Crippen LogP contribution in [0.3, 0.4) is 0 Å². The van der Waals surface area contributed by atoms with Crippen molar-refractivity contribution in [2.75, 3.05) is 17.7 Å². The highest BCUT2D eigenvalue weighted by atomic mass is 35.5. The van der Waals surface area contributed by atoms with Gasteiger partial charge < -0.3 is 15.4 Å². The highest BCUT2D eigenvalue weighted by Crippen LogP contribution is 2.32. The van der Waals surface area contributed by atoms with Crippen molar-refractivity contribution < 1.29 is 14.3 Å². The number of carbonyl (C=O) groups is 2. The molecular formula is C21H25ClN2O3. The molecule has 0 aliphatic rings. The highest BCUT2D eigenvalue weighted by Gasteiger charge is 2.37. The van der Waals surface area contributed by atoms with E-state index in [2.05, 4.69) is 10.6 Å². The smallest absolute Gasteiger partial charge is 0.239 e. The van der Waals surface area contributed by atoms with Crippen molar-refractivity contribution >= 4 is 34.8 Å². The summed E-state index contributed by atoms with van der Waals surface area (Å²) in [5.74, 6) is -0.395. The number of methoxy groups -OCH3 is 1. The SMILES string of the molecule is COc1cc(Cl)c(C)cc1NC(=O)C(C)(C)C(=O)Nc1cccc(C)c1C. The van der Waals surface area contributed by atoms with Crippen molar-refractivity contribution in [3.8, 4) is 5.75 Å². The van der Waals surface area contributed by atoms with Crippen LogP contribution in [0.1, 0.15) is 30.5 Å². The highest BCUT2D eigenvalue weighted by molar-refractivity contribution is 6.31. The lowest BCUT2D eigenvalue weighted by molar-refractivity contribution is -0.135. The fourth-order valence-electron chi connectivity index (χ4n) is 2.48. The van der Waals surface area contributed by atoms with Crippen LogP contribution in [0.25, 0.3) is 0 Å². The van der Waals surface area contributed by atoms with E-state index in [9.17, 15) is 9.59 Å². The second-order valence-electron chi connectivity index (χ2n) is 7.08. The third kappa shape index (κ3) is 4.42. The normalized spacial score (nSPS) is 11.1. The van der Waals surface area contributed by atoms with Crippen molar-refractivity contribution in [1.29, 1.82) is 0 Å². The summed E-state index contributed by atoms with van der Waals surface area (Å²) >= 11 is 6.10. The summed E-state index contributed by atoms with van der Waals surface area (Å²) in [4.78, 5) is 25.6. The van der Waals surface area contributed by atoms with Crippen LogP contribution >= 0.6 is 11.6 Å². The van der Waals surface area contributed by atoms with Gasteiger partial charge in [0.2, 0.25) is 11.8 Å². The number of hydrogen-bond donors (Lipinski definition) is 2. The van der Waals surface area contributed by atoms with Gasteiger partial charge >= 0.3 is 0 Å². The Morgan fingerprint density at radius 1 is 0.963 bits per heavy atom. The van der Waals surface area contributed by atoms with Crippen LogP contribution in [0, 0.1) is 26.2 Å². The largest absolute Gasteiger partial charge is 0.495 e. The quantitative estimate of drug-likeness (QED) is 0.717. The maximum absolute atomic E-state index is 12.8. The van der Waals surface area contributed by atoms with Crippen molar-refractivity contribution in [3.63, 3.8) is 0 Å². The van der Waals surface area contributed by atoms with E-state index in [1.807, 2.05) is 39.0 Å². The number of rotatable bonds is 5. The minimum atomic E-state index is -1.30. The zero-order chi connectivity index (χ0) is 20.4. The van der Waals surface area contributed by atoms with Gasteiger partial charge in [0.1, 0.15) is 11.2 Å². The van der Waals surface area contributed by atoms with E-state index >= 15 is 0 Å². The predicted octanol–water partition coefficient (Wildman–Crippen LogP) is 4.88. The van der Waals surface area contributed by atoms with Crippen LogP contribution in [0.15, 0.2) is 30.3 Å². The van der Waals surface area contributed by atoms with Crippen molar-refractivity contribution in [2.24, 2.45) is 5.41 Å². The van der Waals surface area contributed by atoms with Gasteiger partial charge in [0.15, 0.2) is 0 Å². The first-order valence-electron chi connectivity index (χ1n) is 8.61. The lowest BCUT2D eigenvalue weighted by atomic mass is 9.90. The van der Waals surface area contributed by atoms with Gasteiger partial charge in [-0.1, -0.05) is 23.7 Å². The van der Waals surface area contributed by atoms with Gasteiger partial charge in [-0.3, -0.25) is 9.59 Å². The van der Waals surface area contributed by atoms with Crippen LogP contribution in [0.4, 0.5) is 11.4 Å². The molecule has 0 heterocycles. The Kier molecular flexibility index (Phi) is 6.16. The number of anilines is 2. The van der Waals surface area contributed by atoms with Crippen LogP contribution in [-0.4, -0.2) is 18.9 Å². The maximum atomic E-state index is 12.8. The number of carbonyl (C=O) groups excluding carboxylic acids is 2. The number of benzene rings is 2. The zero-order valence-electron chi connectivity index (χ0n) is 16.5. The van der Waals surface area contributed by atoms with E-state index in [1.54, 1.807) is 26.0 Å². The molecule has 0 spiro atoms. The monoisotopic (exact) mass is 388 g/mol. The summed E-state index contributed by atoms with van der Waals surface area (Å²) in [5, 5.41) is 6.17. The van der Waals surface area contributed by atoms with Crippen LogP contribution in [0.5, 0.6) is 5.75 Å². The first-order chi connectivity index (χ1) is 12.6. The van der Waals surface area contributed by atoms with Gasteiger partial charge in [0.25, 0.3) is 0 Å². The molecule has 2 amide bonds. The van der Waals surface area contributed by atoms with Gasteiger partial charge in [-0.15, -0.1) is 0 Å². The Bertz CT molecular complexity index is 891. The zero-order valence-corrected chi connectivity index (χ0v) is 17.2. The number of aryl methyl sites for hydroxylation is 2. The standard InChI is InChI=1S/C21H25ClN2O3/c1-12-8-7-9-16(14(12)3)23-19(25)21(4,5)20(26)24-17-10-13(2)15(22)11-18(17)27-6/h7-11H,1-6H3,(H,23,25)(H,24,26). The Morgan fingerprint density at radius 2 is 1.56 bits per heavy atom. The average Bonchev–Trinajstić information content (AvgIpc) is 2.61. The van der Waals surface area contributed by atoms with E-state index in [-0.39, 0.29) is 0 Å². The summed E-state index contributed by atoms with van der Waals surface area (Å²) in [5.41, 5.74) is 2.70. The second kappa shape index (κ2) is 8.01. The molecule has 6 heteroatoms. The third-order valence-corrected chi connectivity index (χ3v) is 5.12. The molecule has 27 heavy (non-hydrogen) atoms. The van der Waals surface area contributed by atoms with E-state index in [0.717, 1.165) is 16.7 Å². The van der Waals surface area contributed by atoms with E-state index in [0.29, 0.717) is 22.1 Å². The molecule has 0 aromatic heterocycles. The first kappa shape index (κ1) is 20.8. The summed E-state index contributed by atoms with van der Waals surface area (Å²) in [7, 11) is 1.50. The Balaban J connectivity index is 2.23. The predicted molar refractivity (Wildman–Crippen MR) is 110 cm³/mol. The first-order valence-corrected chi connectivity index (χ1v) is 8.99. The number of halogens is 1. The molecule has 2 aromatic carbocycles. The minimum absolute atomic E-state index is 0.390.